The molecule has 3 nitrogen and oxygen atoms in total. The quantitative estimate of drug-likeness (QED) is 0.233. The van der Waals surface area contributed by atoms with Gasteiger partial charge in [0.05, 0.1) is 6.04 Å². The van der Waals surface area contributed by atoms with Crippen LogP contribution in [-0.4, -0.2) is 85.5 Å². The van der Waals surface area contributed by atoms with Gasteiger partial charge in [-0.1, -0.05) is 0 Å². The van der Waals surface area contributed by atoms with Crippen molar-refractivity contribution < 1.29 is 106 Å². The van der Waals surface area contributed by atoms with Crippen LogP contribution in [-0.2, 0) is 9.47 Å². The molecular formula is C14H9F22NO2. The van der Waals surface area contributed by atoms with Gasteiger partial charge in [0.15, 0.2) is 0 Å². The lowest BCUT2D eigenvalue weighted by molar-refractivity contribution is -0.501. The first-order valence-corrected chi connectivity index (χ1v) is 8.68. The SMILES string of the molecule is CN(C)C(CC(F)(OC(F)(F)C(F)(F)C(F)(F)F)C(F)(F)F)C(F)(OC(F)(F)C(F)(F)C(F)(F)F)C(F)(F)F. The molecule has 0 radical (unpaired) electrons. The molecule has 0 saturated heterocycles. The molecule has 0 aliphatic carbocycles. The second kappa shape index (κ2) is 10.0. The smallest absolute Gasteiger partial charge is 0.301 e. The summed E-state index contributed by atoms with van der Waals surface area (Å²) in [5.74, 6) is -29.7. The van der Waals surface area contributed by atoms with Crippen molar-refractivity contribution >= 4 is 0 Å². The Labute approximate surface area is 199 Å². The molecule has 0 aliphatic rings. The van der Waals surface area contributed by atoms with Crippen LogP contribution in [0.3, 0.4) is 0 Å². The van der Waals surface area contributed by atoms with Crippen LogP contribution in [0, 0.1) is 0 Å². The minimum absolute atomic E-state index is 0.229. The highest BCUT2D eigenvalue weighted by Crippen LogP contribution is 2.56. The molecule has 0 amide bonds. The van der Waals surface area contributed by atoms with Crippen LogP contribution in [0.2, 0.25) is 0 Å². The maximum absolute atomic E-state index is 14.7. The summed E-state index contributed by atoms with van der Waals surface area (Å²) in [6.45, 7) is 0. The summed E-state index contributed by atoms with van der Waals surface area (Å²) in [7, 11) is -0.458. The molecular weight excluding hydrogens is 632 g/mol. The number of hydrogen-bond donors (Lipinski definition) is 0. The van der Waals surface area contributed by atoms with Gasteiger partial charge in [0, 0.05) is 6.42 Å². The van der Waals surface area contributed by atoms with Gasteiger partial charge < -0.3 is 4.90 Å². The Balaban J connectivity index is 7.11. The zero-order valence-electron chi connectivity index (χ0n) is 17.9. The van der Waals surface area contributed by atoms with Crippen molar-refractivity contribution in [3.63, 3.8) is 0 Å². The van der Waals surface area contributed by atoms with E-state index < -0.39 is 77.8 Å². The van der Waals surface area contributed by atoms with Crippen molar-refractivity contribution in [2.24, 2.45) is 0 Å². The molecule has 0 aromatic rings. The number of halogens is 22. The molecule has 0 fully saturated rings. The first-order valence-electron chi connectivity index (χ1n) is 8.68. The molecule has 39 heavy (non-hydrogen) atoms. The van der Waals surface area contributed by atoms with Crippen LogP contribution in [0.1, 0.15) is 6.42 Å². The van der Waals surface area contributed by atoms with Crippen molar-refractivity contribution in [1.82, 2.24) is 4.90 Å². The Morgan fingerprint density at radius 2 is 0.769 bits per heavy atom. The van der Waals surface area contributed by atoms with E-state index in [1.54, 1.807) is 4.74 Å². The van der Waals surface area contributed by atoms with Crippen molar-refractivity contribution in [3.8, 4) is 0 Å². The highest BCUT2D eigenvalue weighted by atomic mass is 19.4. The third-order valence-corrected chi connectivity index (χ3v) is 4.33. The topological polar surface area (TPSA) is 21.7 Å². The summed E-state index contributed by atoms with van der Waals surface area (Å²) in [5.41, 5.74) is 0. The van der Waals surface area contributed by atoms with E-state index in [1.165, 1.54) is 0 Å². The van der Waals surface area contributed by atoms with E-state index in [4.69, 9.17) is 0 Å². The van der Waals surface area contributed by atoms with Crippen LogP contribution in [0.5, 0.6) is 0 Å². The maximum atomic E-state index is 14.7. The molecule has 0 saturated carbocycles. The molecule has 0 bridgehead atoms. The predicted octanol–water partition coefficient (Wildman–Crippen LogP) is 7.38. The molecule has 0 N–H and O–H groups in total. The largest absolute Gasteiger partial charge is 0.462 e. The van der Waals surface area contributed by atoms with Gasteiger partial charge in [0.25, 0.3) is 0 Å². The Hall–Kier alpha value is -1.66. The van der Waals surface area contributed by atoms with Crippen LogP contribution >= 0.6 is 0 Å². The zero-order chi connectivity index (χ0) is 32.3. The van der Waals surface area contributed by atoms with E-state index in [2.05, 4.69) is 0 Å². The Kier molecular flexibility index (Phi) is 9.58. The highest BCUT2D eigenvalue weighted by Gasteiger charge is 2.82. The van der Waals surface area contributed by atoms with Gasteiger partial charge in [0.1, 0.15) is 0 Å². The fourth-order valence-electron chi connectivity index (χ4n) is 2.27. The van der Waals surface area contributed by atoms with Gasteiger partial charge in [-0.05, 0) is 14.1 Å². The van der Waals surface area contributed by atoms with Gasteiger partial charge in [0.2, 0.25) is 0 Å². The number of hydrogen-bond acceptors (Lipinski definition) is 3. The Morgan fingerprint density at radius 3 is 1.00 bits per heavy atom. The van der Waals surface area contributed by atoms with Crippen molar-refractivity contribution in [2.45, 2.75) is 72.9 Å². The molecule has 25 heteroatoms. The fourth-order valence-corrected chi connectivity index (χ4v) is 2.27. The van der Waals surface area contributed by atoms with Crippen LogP contribution in [0.4, 0.5) is 96.6 Å². The van der Waals surface area contributed by atoms with Gasteiger partial charge in [-0.3, -0.25) is 9.47 Å². The average molecular weight is 641 g/mol. The standard InChI is InChI=1S/C14H9F22NO2/c1-37(2)4(6(16,10(24,25)26)39-14(35,36)8(19,20)12(30,31)32)3-5(15,9(21,22)23)38-13(33,34)7(17,18)11(27,28)29/h4H,3H2,1-2H3. The molecule has 0 aromatic heterocycles. The molecule has 0 rings (SSSR count). The number of likely N-dealkylation sites (N-methyl/N-ethyl adjacent to an activating group) is 1. The third kappa shape index (κ3) is 6.81. The summed E-state index contributed by atoms with van der Waals surface area (Å²) in [6, 6.07) is -4.81. The molecule has 0 aliphatic heterocycles. The molecule has 0 heterocycles. The Morgan fingerprint density at radius 1 is 0.462 bits per heavy atom. The van der Waals surface area contributed by atoms with Crippen LogP contribution in [0.25, 0.3) is 0 Å². The fraction of sp³-hybridized carbons (Fsp3) is 1.00. The van der Waals surface area contributed by atoms with Gasteiger partial charge in [-0.2, -0.15) is 92.2 Å². The lowest BCUT2D eigenvalue weighted by atomic mass is 9.97. The molecule has 3 unspecified atom stereocenters. The normalized spacial score (nSPS) is 19.6. The summed E-state index contributed by atoms with van der Waals surface area (Å²) >= 11 is 0. The Bertz CT molecular complexity index is 840. The lowest BCUT2D eigenvalue weighted by Gasteiger charge is -2.44. The van der Waals surface area contributed by atoms with Crippen molar-refractivity contribution in [2.75, 3.05) is 14.1 Å². The van der Waals surface area contributed by atoms with Crippen molar-refractivity contribution in [3.05, 3.63) is 0 Å². The first kappa shape index (κ1) is 37.3. The van der Waals surface area contributed by atoms with Gasteiger partial charge in [-0.15, -0.1) is 0 Å². The molecule has 0 aromatic carbocycles. The molecule has 236 valence electrons. The first-order chi connectivity index (χ1) is 16.5. The number of rotatable bonds is 10. The number of nitrogens with zero attached hydrogens (tertiary/aromatic N) is 1. The van der Waals surface area contributed by atoms with E-state index in [0.717, 1.165) is 0 Å². The lowest BCUT2D eigenvalue weighted by Crippen LogP contribution is -2.67. The second-order valence-corrected chi connectivity index (χ2v) is 7.43. The number of ether oxygens (including phenoxy) is 2. The third-order valence-electron chi connectivity index (χ3n) is 4.33. The van der Waals surface area contributed by atoms with E-state index in [0.29, 0.717) is 0 Å². The average Bonchev–Trinajstić information content (AvgIpc) is 2.61. The monoisotopic (exact) mass is 641 g/mol. The molecule has 3 atom stereocenters. The van der Waals surface area contributed by atoms with Gasteiger partial charge in [-0.25, -0.2) is 4.39 Å². The maximum Gasteiger partial charge on any atom is 0.462 e. The second-order valence-electron chi connectivity index (χ2n) is 7.43. The summed E-state index contributed by atoms with van der Waals surface area (Å²) < 4.78 is 290. The van der Waals surface area contributed by atoms with Gasteiger partial charge >= 0.3 is 60.5 Å². The van der Waals surface area contributed by atoms with E-state index >= 15 is 0 Å². The predicted molar refractivity (Wildman–Crippen MR) is 75.9 cm³/mol. The van der Waals surface area contributed by atoms with E-state index in [1.807, 2.05) is 4.74 Å². The highest BCUT2D eigenvalue weighted by molar-refractivity contribution is 5.00. The summed E-state index contributed by atoms with van der Waals surface area (Å²) in [4.78, 5) is -0.960. The van der Waals surface area contributed by atoms with Crippen LogP contribution < -0.4 is 0 Å². The molecule has 0 spiro atoms. The van der Waals surface area contributed by atoms with Crippen LogP contribution in [0.15, 0.2) is 0 Å². The summed E-state index contributed by atoms with van der Waals surface area (Å²) in [6.07, 6.45) is -49.7. The number of alkyl halides is 22. The van der Waals surface area contributed by atoms with Crippen molar-refractivity contribution in [1.29, 1.82) is 0 Å². The minimum atomic E-state index is -7.80. The summed E-state index contributed by atoms with van der Waals surface area (Å²) in [5, 5.41) is 0. The van der Waals surface area contributed by atoms with E-state index in [-0.39, 0.29) is 14.1 Å². The van der Waals surface area contributed by atoms with E-state index in [9.17, 15) is 96.6 Å². The minimum Gasteiger partial charge on any atom is -0.301 e. The zero-order valence-corrected chi connectivity index (χ0v) is 17.9.